The number of nitrogens with one attached hydrogen (secondary N) is 2. The number of hydrogen-bond donors (Lipinski definition) is 2. The summed E-state index contributed by atoms with van der Waals surface area (Å²) >= 11 is 0. The SMILES string of the molecule is COc1ccc2[nH]cc(CCNC(=O)CCCN3C(=O)N=C4C=CC=CC4C3=O)c2c1. The van der Waals surface area contributed by atoms with E-state index in [0.29, 0.717) is 25.1 Å². The highest BCUT2D eigenvalue weighted by molar-refractivity contribution is 6.21. The number of aromatic amines is 1. The minimum atomic E-state index is -0.564. The van der Waals surface area contributed by atoms with Gasteiger partial charge in [-0.05, 0) is 42.7 Å². The number of rotatable bonds is 8. The summed E-state index contributed by atoms with van der Waals surface area (Å²) in [6.45, 7) is 0.676. The number of benzene rings is 1. The Kier molecular flexibility index (Phi) is 5.97. The van der Waals surface area contributed by atoms with Crippen LogP contribution in [0.4, 0.5) is 4.79 Å². The molecule has 2 aromatic rings. The van der Waals surface area contributed by atoms with Crippen molar-refractivity contribution in [3.05, 3.63) is 54.3 Å². The number of fused-ring (bicyclic) bond motifs is 2. The summed E-state index contributed by atoms with van der Waals surface area (Å²) in [5.74, 6) is -0.119. The summed E-state index contributed by atoms with van der Waals surface area (Å²) in [5.41, 5.74) is 2.59. The lowest BCUT2D eigenvalue weighted by atomic mass is 9.95. The first kappa shape index (κ1) is 20.6. The molecule has 0 bridgehead atoms. The standard InChI is InChI=1S/C23H24N4O4/c1-31-16-8-9-19-18(13-16)15(14-25-19)10-11-24-21(28)7-4-12-27-22(29)17-5-2-3-6-20(17)26-23(27)30/h2-3,5-6,8-9,13-14,17,25H,4,7,10-12H2,1H3,(H,24,28). The summed E-state index contributed by atoms with van der Waals surface area (Å²) in [6.07, 6.45) is 10.2. The zero-order chi connectivity index (χ0) is 21.8. The van der Waals surface area contributed by atoms with E-state index in [9.17, 15) is 14.4 Å². The molecular formula is C23H24N4O4. The van der Waals surface area contributed by atoms with Crippen LogP contribution in [0.5, 0.6) is 5.75 Å². The molecule has 0 radical (unpaired) electrons. The second-order valence-corrected chi connectivity index (χ2v) is 7.46. The van der Waals surface area contributed by atoms with Crippen LogP contribution in [0, 0.1) is 5.92 Å². The Bertz CT molecular complexity index is 1110. The van der Waals surface area contributed by atoms with Crippen LogP contribution in [0.2, 0.25) is 0 Å². The van der Waals surface area contributed by atoms with Crippen molar-refractivity contribution in [2.24, 2.45) is 10.9 Å². The first-order valence-corrected chi connectivity index (χ1v) is 10.3. The van der Waals surface area contributed by atoms with Crippen molar-refractivity contribution in [1.29, 1.82) is 0 Å². The number of aromatic nitrogens is 1. The predicted octanol–water partition coefficient (Wildman–Crippen LogP) is 2.76. The Morgan fingerprint density at radius 3 is 3.00 bits per heavy atom. The second-order valence-electron chi connectivity index (χ2n) is 7.46. The topological polar surface area (TPSA) is 104 Å². The number of nitrogens with zero attached hydrogens (tertiary/aromatic N) is 2. The quantitative estimate of drug-likeness (QED) is 0.685. The Morgan fingerprint density at radius 1 is 1.29 bits per heavy atom. The number of aliphatic imine (C=N–C) groups is 1. The van der Waals surface area contributed by atoms with Gasteiger partial charge in [-0.2, -0.15) is 4.99 Å². The van der Waals surface area contributed by atoms with E-state index in [0.717, 1.165) is 27.1 Å². The van der Waals surface area contributed by atoms with Crippen molar-refractivity contribution >= 4 is 34.5 Å². The van der Waals surface area contributed by atoms with Gasteiger partial charge in [0.1, 0.15) is 5.75 Å². The molecule has 0 saturated carbocycles. The maximum absolute atomic E-state index is 12.5. The molecule has 1 unspecified atom stereocenters. The van der Waals surface area contributed by atoms with Crippen LogP contribution in [0.1, 0.15) is 18.4 Å². The first-order chi connectivity index (χ1) is 15.1. The highest BCUT2D eigenvalue weighted by atomic mass is 16.5. The van der Waals surface area contributed by atoms with Gasteiger partial charge in [0.05, 0.1) is 18.7 Å². The third-order valence-corrected chi connectivity index (χ3v) is 5.46. The fourth-order valence-corrected chi connectivity index (χ4v) is 3.80. The van der Waals surface area contributed by atoms with Gasteiger partial charge in [0.2, 0.25) is 11.8 Å². The zero-order valence-electron chi connectivity index (χ0n) is 17.3. The number of amides is 4. The van der Waals surface area contributed by atoms with Gasteiger partial charge < -0.3 is 15.0 Å². The molecule has 2 N–H and O–H groups in total. The Balaban J connectivity index is 1.24. The molecule has 0 fully saturated rings. The van der Waals surface area contributed by atoms with Gasteiger partial charge >= 0.3 is 6.03 Å². The molecule has 8 nitrogen and oxygen atoms in total. The number of urea groups is 1. The van der Waals surface area contributed by atoms with Gasteiger partial charge in [0.25, 0.3) is 0 Å². The van der Waals surface area contributed by atoms with Crippen LogP contribution in [0.25, 0.3) is 10.9 Å². The number of carbonyl (C=O) groups is 3. The molecule has 2 aliphatic rings. The number of H-pyrrole nitrogens is 1. The third kappa shape index (κ3) is 4.42. The van der Waals surface area contributed by atoms with Gasteiger partial charge in [-0.1, -0.05) is 18.2 Å². The average Bonchev–Trinajstić information content (AvgIpc) is 3.18. The van der Waals surface area contributed by atoms with Crippen molar-refractivity contribution in [2.45, 2.75) is 19.3 Å². The lowest BCUT2D eigenvalue weighted by molar-refractivity contribution is -0.130. The molecule has 1 aliphatic carbocycles. The Labute approximate surface area is 179 Å². The summed E-state index contributed by atoms with van der Waals surface area (Å²) in [6, 6.07) is 5.27. The number of ether oxygens (including phenoxy) is 1. The fourth-order valence-electron chi connectivity index (χ4n) is 3.80. The van der Waals surface area contributed by atoms with E-state index >= 15 is 0 Å². The number of imide groups is 1. The molecule has 0 spiro atoms. The monoisotopic (exact) mass is 420 g/mol. The molecule has 1 aromatic carbocycles. The minimum Gasteiger partial charge on any atom is -0.497 e. The highest BCUT2D eigenvalue weighted by Gasteiger charge is 2.35. The molecule has 1 aliphatic heterocycles. The van der Waals surface area contributed by atoms with E-state index in [2.05, 4.69) is 15.3 Å². The van der Waals surface area contributed by atoms with E-state index in [1.54, 1.807) is 31.4 Å². The van der Waals surface area contributed by atoms with Crippen molar-refractivity contribution in [2.75, 3.05) is 20.2 Å². The largest absolute Gasteiger partial charge is 0.497 e. The summed E-state index contributed by atoms with van der Waals surface area (Å²) in [4.78, 5) is 45.2. The molecule has 2 heterocycles. The molecule has 8 heteroatoms. The number of carbonyl (C=O) groups excluding carboxylic acids is 3. The normalized spacial score (nSPS) is 17.6. The average molecular weight is 420 g/mol. The smallest absolute Gasteiger partial charge is 0.350 e. The minimum absolute atomic E-state index is 0.112. The molecule has 4 amide bonds. The van der Waals surface area contributed by atoms with E-state index in [1.807, 2.05) is 24.4 Å². The molecular weight excluding hydrogens is 396 g/mol. The summed E-state index contributed by atoms with van der Waals surface area (Å²) < 4.78 is 5.28. The summed E-state index contributed by atoms with van der Waals surface area (Å²) in [5, 5.41) is 3.97. The summed E-state index contributed by atoms with van der Waals surface area (Å²) in [7, 11) is 1.63. The van der Waals surface area contributed by atoms with Crippen LogP contribution >= 0.6 is 0 Å². The molecule has 160 valence electrons. The van der Waals surface area contributed by atoms with E-state index in [-0.39, 0.29) is 24.8 Å². The number of hydrogen-bond acceptors (Lipinski definition) is 4. The van der Waals surface area contributed by atoms with Gasteiger partial charge in [-0.25, -0.2) is 4.79 Å². The molecule has 4 rings (SSSR count). The van der Waals surface area contributed by atoms with Crippen LogP contribution in [0.15, 0.2) is 53.7 Å². The zero-order valence-corrected chi connectivity index (χ0v) is 17.3. The van der Waals surface area contributed by atoms with Crippen LogP contribution in [-0.4, -0.2) is 53.6 Å². The van der Waals surface area contributed by atoms with Gasteiger partial charge in [0, 0.05) is 36.6 Å². The molecule has 31 heavy (non-hydrogen) atoms. The van der Waals surface area contributed by atoms with E-state index in [1.165, 1.54) is 0 Å². The van der Waals surface area contributed by atoms with Crippen LogP contribution in [-0.2, 0) is 16.0 Å². The van der Waals surface area contributed by atoms with Crippen molar-refractivity contribution < 1.29 is 19.1 Å². The number of allylic oxidation sites excluding steroid dienone is 3. The van der Waals surface area contributed by atoms with Crippen molar-refractivity contribution in [1.82, 2.24) is 15.2 Å². The van der Waals surface area contributed by atoms with Crippen molar-refractivity contribution in [3.63, 3.8) is 0 Å². The van der Waals surface area contributed by atoms with Crippen molar-refractivity contribution in [3.8, 4) is 5.75 Å². The lowest BCUT2D eigenvalue weighted by Crippen LogP contribution is -2.46. The Morgan fingerprint density at radius 2 is 2.16 bits per heavy atom. The van der Waals surface area contributed by atoms with E-state index in [4.69, 9.17) is 4.74 Å². The third-order valence-electron chi connectivity index (χ3n) is 5.46. The number of methoxy groups -OCH3 is 1. The first-order valence-electron chi connectivity index (χ1n) is 10.3. The maximum atomic E-state index is 12.5. The Hall–Kier alpha value is -3.68. The van der Waals surface area contributed by atoms with Gasteiger partial charge in [-0.3, -0.25) is 14.5 Å². The predicted molar refractivity (Wildman–Crippen MR) is 117 cm³/mol. The second kappa shape index (κ2) is 8.99. The molecule has 0 saturated heterocycles. The fraction of sp³-hybridized carbons (Fsp3) is 0.304. The molecule has 1 aromatic heterocycles. The maximum Gasteiger partial charge on any atom is 0.350 e. The van der Waals surface area contributed by atoms with Crippen LogP contribution < -0.4 is 10.1 Å². The van der Waals surface area contributed by atoms with Crippen LogP contribution in [0.3, 0.4) is 0 Å². The lowest BCUT2D eigenvalue weighted by Gasteiger charge is -2.28. The van der Waals surface area contributed by atoms with E-state index < -0.39 is 11.9 Å². The van der Waals surface area contributed by atoms with Gasteiger partial charge in [0.15, 0.2) is 0 Å². The molecule has 1 atom stereocenters. The highest BCUT2D eigenvalue weighted by Crippen LogP contribution is 2.24. The van der Waals surface area contributed by atoms with Gasteiger partial charge in [-0.15, -0.1) is 0 Å².